The fraction of sp³-hybridized carbons (Fsp3) is 0.526. The van der Waals surface area contributed by atoms with Crippen molar-refractivity contribution in [3.63, 3.8) is 0 Å². The van der Waals surface area contributed by atoms with Crippen molar-refractivity contribution in [3.8, 4) is 0 Å². The maximum atomic E-state index is 12.5. The smallest absolute Gasteiger partial charge is 0.316 e. The number of aliphatic hydroxyl groups is 1. The number of esters is 1. The minimum atomic E-state index is -0.583. The molecular formula is C19H25NO3. The van der Waals surface area contributed by atoms with Crippen LogP contribution < -0.4 is 0 Å². The number of carbonyl (C=O) groups is 1. The molecule has 2 aliphatic rings. The van der Waals surface area contributed by atoms with E-state index in [1.54, 1.807) is 0 Å². The van der Waals surface area contributed by atoms with Crippen molar-refractivity contribution in [1.82, 2.24) is 4.90 Å². The van der Waals surface area contributed by atoms with Crippen LogP contribution in [0.25, 0.3) is 0 Å². The lowest BCUT2D eigenvalue weighted by molar-refractivity contribution is -0.155. The Morgan fingerprint density at radius 2 is 1.96 bits per heavy atom. The minimum absolute atomic E-state index is 0.0289. The number of fused-ring (bicyclic) bond motifs is 2. The monoisotopic (exact) mass is 315 g/mol. The molecule has 0 saturated carbocycles. The largest absolute Gasteiger partial charge is 0.462 e. The molecule has 2 saturated heterocycles. The summed E-state index contributed by atoms with van der Waals surface area (Å²) in [5.74, 6) is -0.889. The molecule has 1 aromatic rings. The lowest BCUT2D eigenvalue weighted by atomic mass is 9.98. The molecule has 2 aliphatic heterocycles. The van der Waals surface area contributed by atoms with Crippen molar-refractivity contribution < 1.29 is 14.6 Å². The molecule has 1 N–H and O–H groups in total. The summed E-state index contributed by atoms with van der Waals surface area (Å²) in [6.45, 7) is 4.53. The summed E-state index contributed by atoms with van der Waals surface area (Å²) in [7, 11) is 0. The zero-order chi connectivity index (χ0) is 16.2. The molecule has 2 unspecified atom stereocenters. The SMILES string of the molecule is C=CCN1[C@@H]2CC[C@H]1CC(OC(=O)C(CO)c1ccccc1)C2. The molecule has 4 atom stereocenters. The fourth-order valence-electron chi connectivity index (χ4n) is 4.02. The van der Waals surface area contributed by atoms with E-state index >= 15 is 0 Å². The van der Waals surface area contributed by atoms with Gasteiger partial charge in [0.2, 0.25) is 0 Å². The van der Waals surface area contributed by atoms with Crippen LogP contribution in [0.4, 0.5) is 0 Å². The lowest BCUT2D eigenvalue weighted by Gasteiger charge is -2.38. The summed E-state index contributed by atoms with van der Waals surface area (Å²) in [6, 6.07) is 10.4. The Bertz CT molecular complexity index is 531. The second kappa shape index (κ2) is 7.28. The first kappa shape index (κ1) is 16.2. The van der Waals surface area contributed by atoms with E-state index in [0.29, 0.717) is 12.1 Å². The Morgan fingerprint density at radius 1 is 1.30 bits per heavy atom. The van der Waals surface area contributed by atoms with Crippen molar-refractivity contribution in [2.24, 2.45) is 0 Å². The van der Waals surface area contributed by atoms with Gasteiger partial charge in [0.25, 0.3) is 0 Å². The van der Waals surface area contributed by atoms with E-state index in [0.717, 1.165) is 24.9 Å². The second-order valence-electron chi connectivity index (χ2n) is 6.55. The highest BCUT2D eigenvalue weighted by Crippen LogP contribution is 2.37. The third kappa shape index (κ3) is 3.48. The highest BCUT2D eigenvalue weighted by molar-refractivity contribution is 5.78. The lowest BCUT2D eigenvalue weighted by Crippen LogP contribution is -2.46. The molecule has 3 rings (SSSR count). The third-order valence-electron chi connectivity index (χ3n) is 5.13. The first-order valence-electron chi connectivity index (χ1n) is 8.46. The Labute approximate surface area is 137 Å². The van der Waals surface area contributed by atoms with Gasteiger partial charge >= 0.3 is 5.97 Å². The summed E-state index contributed by atoms with van der Waals surface area (Å²) in [5.41, 5.74) is 0.812. The first-order chi connectivity index (χ1) is 11.2. The zero-order valence-corrected chi connectivity index (χ0v) is 13.4. The van der Waals surface area contributed by atoms with Crippen LogP contribution in [0.5, 0.6) is 0 Å². The standard InChI is InChI=1S/C19H25NO3/c1-2-10-20-15-8-9-16(20)12-17(11-15)23-19(22)18(13-21)14-6-4-3-5-7-14/h2-7,15-18,21H,1,8-13H2/t15-,16+,17?,18?. The molecule has 0 spiro atoms. The number of piperidine rings is 1. The van der Waals surface area contributed by atoms with Crippen LogP contribution >= 0.6 is 0 Å². The van der Waals surface area contributed by atoms with Gasteiger partial charge in [0.15, 0.2) is 0 Å². The van der Waals surface area contributed by atoms with Crippen LogP contribution in [0.3, 0.4) is 0 Å². The normalized spacial score (nSPS) is 28.3. The molecule has 0 amide bonds. The number of ether oxygens (including phenoxy) is 1. The van der Waals surface area contributed by atoms with E-state index < -0.39 is 5.92 Å². The molecule has 0 radical (unpaired) electrons. The van der Waals surface area contributed by atoms with Crippen LogP contribution in [-0.4, -0.2) is 47.3 Å². The summed E-state index contributed by atoms with van der Waals surface area (Å²) in [6.07, 6.45) is 6.06. The maximum absolute atomic E-state index is 12.5. The number of nitrogens with zero attached hydrogens (tertiary/aromatic N) is 1. The molecule has 4 heteroatoms. The van der Waals surface area contributed by atoms with Crippen molar-refractivity contribution in [2.75, 3.05) is 13.2 Å². The minimum Gasteiger partial charge on any atom is -0.462 e. The number of benzene rings is 1. The van der Waals surface area contributed by atoms with Crippen molar-refractivity contribution in [2.45, 2.75) is 49.8 Å². The van der Waals surface area contributed by atoms with Crippen LogP contribution in [0, 0.1) is 0 Å². The zero-order valence-electron chi connectivity index (χ0n) is 13.4. The third-order valence-corrected chi connectivity index (χ3v) is 5.13. The molecule has 2 heterocycles. The second-order valence-corrected chi connectivity index (χ2v) is 6.55. The molecule has 23 heavy (non-hydrogen) atoms. The van der Waals surface area contributed by atoms with Crippen LogP contribution in [-0.2, 0) is 9.53 Å². The number of aliphatic hydroxyl groups excluding tert-OH is 1. The van der Waals surface area contributed by atoms with Gasteiger partial charge in [0, 0.05) is 31.5 Å². The Hall–Kier alpha value is -1.65. The summed E-state index contributed by atoms with van der Waals surface area (Å²) in [5, 5.41) is 9.59. The van der Waals surface area contributed by atoms with Crippen LogP contribution in [0.2, 0.25) is 0 Å². The Kier molecular flexibility index (Phi) is 5.13. The molecule has 4 nitrogen and oxygen atoms in total. The van der Waals surface area contributed by atoms with Crippen molar-refractivity contribution in [1.29, 1.82) is 0 Å². The van der Waals surface area contributed by atoms with E-state index in [2.05, 4.69) is 11.5 Å². The molecule has 2 bridgehead atoms. The number of rotatable bonds is 6. The molecule has 0 aliphatic carbocycles. The highest BCUT2D eigenvalue weighted by atomic mass is 16.5. The van der Waals surface area contributed by atoms with E-state index in [9.17, 15) is 9.90 Å². The predicted octanol–water partition coefficient (Wildman–Crippen LogP) is 2.49. The predicted molar refractivity (Wildman–Crippen MR) is 89.1 cm³/mol. The number of carbonyl (C=O) groups excluding carboxylic acids is 1. The Balaban J connectivity index is 1.61. The van der Waals surface area contributed by atoms with E-state index in [-0.39, 0.29) is 18.7 Å². The average molecular weight is 315 g/mol. The highest BCUT2D eigenvalue weighted by Gasteiger charge is 2.41. The van der Waals surface area contributed by atoms with Gasteiger partial charge in [0.05, 0.1) is 6.61 Å². The number of hydrogen-bond donors (Lipinski definition) is 1. The first-order valence-corrected chi connectivity index (χ1v) is 8.46. The molecule has 1 aromatic carbocycles. The van der Waals surface area contributed by atoms with Crippen molar-refractivity contribution >= 4 is 5.97 Å². The van der Waals surface area contributed by atoms with Crippen LogP contribution in [0.15, 0.2) is 43.0 Å². The molecular weight excluding hydrogens is 290 g/mol. The van der Waals surface area contributed by atoms with Gasteiger partial charge in [-0.25, -0.2) is 0 Å². The van der Waals surface area contributed by atoms with Gasteiger partial charge < -0.3 is 9.84 Å². The molecule has 124 valence electrons. The van der Waals surface area contributed by atoms with E-state index in [4.69, 9.17) is 4.74 Å². The topological polar surface area (TPSA) is 49.8 Å². The summed E-state index contributed by atoms with van der Waals surface area (Å²) >= 11 is 0. The van der Waals surface area contributed by atoms with Crippen LogP contribution in [0.1, 0.15) is 37.2 Å². The van der Waals surface area contributed by atoms with Gasteiger partial charge in [-0.1, -0.05) is 36.4 Å². The quantitative estimate of drug-likeness (QED) is 0.647. The van der Waals surface area contributed by atoms with Gasteiger partial charge in [-0.2, -0.15) is 0 Å². The van der Waals surface area contributed by atoms with Crippen molar-refractivity contribution in [3.05, 3.63) is 48.6 Å². The van der Waals surface area contributed by atoms with E-state index in [1.165, 1.54) is 12.8 Å². The van der Waals surface area contributed by atoms with Gasteiger partial charge in [-0.3, -0.25) is 9.69 Å². The maximum Gasteiger partial charge on any atom is 0.316 e. The van der Waals surface area contributed by atoms with Gasteiger partial charge in [0.1, 0.15) is 12.0 Å². The van der Waals surface area contributed by atoms with Gasteiger partial charge in [-0.15, -0.1) is 6.58 Å². The van der Waals surface area contributed by atoms with E-state index in [1.807, 2.05) is 36.4 Å². The number of hydrogen-bond acceptors (Lipinski definition) is 4. The average Bonchev–Trinajstić information content (AvgIpc) is 2.80. The fourth-order valence-corrected chi connectivity index (χ4v) is 4.02. The molecule has 0 aromatic heterocycles. The van der Waals surface area contributed by atoms with Gasteiger partial charge in [-0.05, 0) is 18.4 Å². The summed E-state index contributed by atoms with van der Waals surface area (Å²) in [4.78, 5) is 15.0. The molecule has 2 fully saturated rings. The Morgan fingerprint density at radius 3 is 2.52 bits per heavy atom. The summed E-state index contributed by atoms with van der Waals surface area (Å²) < 4.78 is 5.75.